The molecule has 0 bridgehead atoms. The van der Waals surface area contributed by atoms with E-state index in [2.05, 4.69) is 10.3 Å². The molecule has 3 N–H and O–H groups in total. The van der Waals surface area contributed by atoms with Crippen molar-refractivity contribution in [2.45, 2.75) is 26.0 Å². The van der Waals surface area contributed by atoms with E-state index in [1.54, 1.807) is 0 Å². The van der Waals surface area contributed by atoms with Crippen molar-refractivity contribution in [1.82, 2.24) is 10.3 Å². The second-order valence-corrected chi connectivity index (χ2v) is 2.94. The molecule has 1 rings (SSSR count). The van der Waals surface area contributed by atoms with Crippen LogP contribution in [0.25, 0.3) is 0 Å². The van der Waals surface area contributed by atoms with Crippen LogP contribution in [-0.4, -0.2) is 22.7 Å². The first-order chi connectivity index (χ1) is 5.75. The van der Waals surface area contributed by atoms with E-state index in [-0.39, 0.29) is 6.04 Å². The second-order valence-electron chi connectivity index (χ2n) is 2.94. The van der Waals surface area contributed by atoms with Crippen molar-refractivity contribution in [3.63, 3.8) is 0 Å². The van der Waals surface area contributed by atoms with Crippen LogP contribution in [-0.2, 0) is 0 Å². The largest absolute Gasteiger partial charge is 0.387 e. The van der Waals surface area contributed by atoms with E-state index in [0.29, 0.717) is 0 Å². The number of rotatable bonds is 4. The molecule has 0 radical (unpaired) electrons. The van der Waals surface area contributed by atoms with Gasteiger partial charge in [-0.3, -0.25) is 0 Å². The number of aromatic nitrogens is 1. The molecule has 0 spiro atoms. The summed E-state index contributed by atoms with van der Waals surface area (Å²) in [5, 5.41) is 12.9. The van der Waals surface area contributed by atoms with Crippen LogP contribution in [0.3, 0.4) is 0 Å². The fraction of sp³-hybridized carbons (Fsp3) is 0.556. The summed E-state index contributed by atoms with van der Waals surface area (Å²) in [7, 11) is 0. The van der Waals surface area contributed by atoms with Gasteiger partial charge in [-0.1, -0.05) is 6.92 Å². The number of likely N-dealkylation sites (N-methyl/N-ethyl adjacent to an activating group) is 1. The van der Waals surface area contributed by atoms with Crippen molar-refractivity contribution >= 4 is 0 Å². The average molecular weight is 168 g/mol. The Morgan fingerprint density at radius 2 is 2.42 bits per heavy atom. The smallest absolute Gasteiger partial charge is 0.0954 e. The number of H-pyrrole nitrogens is 1. The summed E-state index contributed by atoms with van der Waals surface area (Å²) in [4.78, 5) is 2.92. The summed E-state index contributed by atoms with van der Waals surface area (Å²) < 4.78 is 0. The van der Waals surface area contributed by atoms with E-state index in [1.807, 2.05) is 32.3 Å². The number of hydrogen-bond acceptors (Lipinski definition) is 2. The standard InChI is InChI=1S/C9H16N2O/c1-3-11-7(2)9(12)8-4-5-10-6-8/h4-7,9-12H,3H2,1-2H3. The van der Waals surface area contributed by atoms with Crippen molar-refractivity contribution < 1.29 is 5.11 Å². The van der Waals surface area contributed by atoms with Crippen LogP contribution in [0.4, 0.5) is 0 Å². The Labute approximate surface area is 72.8 Å². The fourth-order valence-corrected chi connectivity index (χ4v) is 1.24. The lowest BCUT2D eigenvalue weighted by atomic mass is 10.1. The summed E-state index contributed by atoms with van der Waals surface area (Å²) in [5.74, 6) is 0. The maximum absolute atomic E-state index is 9.73. The molecule has 0 aliphatic carbocycles. The van der Waals surface area contributed by atoms with E-state index in [0.717, 1.165) is 12.1 Å². The van der Waals surface area contributed by atoms with Crippen LogP contribution < -0.4 is 5.32 Å². The molecule has 12 heavy (non-hydrogen) atoms. The third kappa shape index (κ3) is 2.09. The number of aliphatic hydroxyl groups is 1. The van der Waals surface area contributed by atoms with Gasteiger partial charge < -0.3 is 15.4 Å². The van der Waals surface area contributed by atoms with Gasteiger partial charge in [0.05, 0.1) is 6.10 Å². The quantitative estimate of drug-likeness (QED) is 0.629. The first kappa shape index (κ1) is 9.29. The molecule has 0 aliphatic rings. The van der Waals surface area contributed by atoms with Gasteiger partial charge in [0.25, 0.3) is 0 Å². The highest BCUT2D eigenvalue weighted by Crippen LogP contribution is 2.14. The number of nitrogens with one attached hydrogen (secondary N) is 2. The van der Waals surface area contributed by atoms with E-state index < -0.39 is 6.10 Å². The lowest BCUT2D eigenvalue weighted by Crippen LogP contribution is -2.31. The highest BCUT2D eigenvalue weighted by Gasteiger charge is 2.14. The summed E-state index contributed by atoms with van der Waals surface area (Å²) >= 11 is 0. The molecule has 68 valence electrons. The molecule has 2 unspecified atom stereocenters. The first-order valence-electron chi connectivity index (χ1n) is 4.29. The zero-order valence-corrected chi connectivity index (χ0v) is 7.54. The molecular weight excluding hydrogens is 152 g/mol. The van der Waals surface area contributed by atoms with Crippen molar-refractivity contribution in [2.75, 3.05) is 6.54 Å². The van der Waals surface area contributed by atoms with Gasteiger partial charge in [0.1, 0.15) is 0 Å². The summed E-state index contributed by atoms with van der Waals surface area (Å²) in [6, 6.07) is 1.99. The molecule has 1 aromatic heterocycles. The maximum atomic E-state index is 9.73. The minimum absolute atomic E-state index is 0.103. The Morgan fingerprint density at radius 1 is 1.67 bits per heavy atom. The van der Waals surface area contributed by atoms with Gasteiger partial charge in [0, 0.05) is 18.4 Å². The van der Waals surface area contributed by atoms with E-state index in [4.69, 9.17) is 0 Å². The monoisotopic (exact) mass is 168 g/mol. The predicted molar refractivity (Wildman–Crippen MR) is 48.9 cm³/mol. The van der Waals surface area contributed by atoms with Gasteiger partial charge in [0.2, 0.25) is 0 Å². The van der Waals surface area contributed by atoms with Gasteiger partial charge in [-0.15, -0.1) is 0 Å². The molecule has 3 heteroatoms. The third-order valence-corrected chi connectivity index (χ3v) is 1.96. The normalized spacial score (nSPS) is 15.9. The average Bonchev–Trinajstić information content (AvgIpc) is 2.55. The van der Waals surface area contributed by atoms with Gasteiger partial charge in [-0.05, 0) is 25.1 Å². The first-order valence-corrected chi connectivity index (χ1v) is 4.29. The zero-order valence-electron chi connectivity index (χ0n) is 7.54. The van der Waals surface area contributed by atoms with Gasteiger partial charge in [-0.25, -0.2) is 0 Å². The SMILES string of the molecule is CCNC(C)C(O)c1cc[nH]c1. The topological polar surface area (TPSA) is 48.0 Å². The summed E-state index contributed by atoms with van der Waals surface area (Å²) in [5.41, 5.74) is 0.934. The Hall–Kier alpha value is -0.800. The highest BCUT2D eigenvalue weighted by molar-refractivity contribution is 5.13. The lowest BCUT2D eigenvalue weighted by Gasteiger charge is -2.18. The highest BCUT2D eigenvalue weighted by atomic mass is 16.3. The van der Waals surface area contributed by atoms with Crippen LogP contribution in [0, 0.1) is 0 Å². The maximum Gasteiger partial charge on any atom is 0.0954 e. The molecule has 1 heterocycles. The molecule has 0 aromatic carbocycles. The molecule has 0 aliphatic heterocycles. The molecular formula is C9H16N2O. The van der Waals surface area contributed by atoms with Gasteiger partial charge in [-0.2, -0.15) is 0 Å². The van der Waals surface area contributed by atoms with E-state index in [1.165, 1.54) is 0 Å². The number of aliphatic hydroxyl groups excluding tert-OH is 1. The van der Waals surface area contributed by atoms with Crippen LogP contribution >= 0.6 is 0 Å². The molecule has 0 fully saturated rings. The van der Waals surface area contributed by atoms with Crippen LogP contribution in [0.15, 0.2) is 18.5 Å². The Morgan fingerprint density at radius 3 is 2.92 bits per heavy atom. The van der Waals surface area contributed by atoms with E-state index in [9.17, 15) is 5.11 Å². The number of hydrogen-bond donors (Lipinski definition) is 3. The second kappa shape index (κ2) is 4.28. The molecule has 3 nitrogen and oxygen atoms in total. The van der Waals surface area contributed by atoms with Crippen molar-refractivity contribution in [3.8, 4) is 0 Å². The zero-order chi connectivity index (χ0) is 8.97. The van der Waals surface area contributed by atoms with Crippen LogP contribution in [0.5, 0.6) is 0 Å². The lowest BCUT2D eigenvalue weighted by molar-refractivity contribution is 0.137. The number of aromatic amines is 1. The predicted octanol–water partition coefficient (Wildman–Crippen LogP) is 1.05. The third-order valence-electron chi connectivity index (χ3n) is 1.96. The van der Waals surface area contributed by atoms with Gasteiger partial charge in [0.15, 0.2) is 0 Å². The summed E-state index contributed by atoms with van der Waals surface area (Å²) in [6.45, 7) is 4.88. The Balaban J connectivity index is 2.53. The minimum Gasteiger partial charge on any atom is -0.387 e. The Kier molecular flexibility index (Phi) is 3.31. The summed E-state index contributed by atoms with van der Waals surface area (Å²) in [6.07, 6.45) is 3.21. The van der Waals surface area contributed by atoms with Gasteiger partial charge >= 0.3 is 0 Å². The molecule has 0 saturated heterocycles. The molecule has 0 saturated carbocycles. The van der Waals surface area contributed by atoms with Crippen molar-refractivity contribution in [2.24, 2.45) is 0 Å². The molecule has 2 atom stereocenters. The molecule has 1 aromatic rings. The minimum atomic E-state index is -0.420. The van der Waals surface area contributed by atoms with Crippen molar-refractivity contribution in [1.29, 1.82) is 0 Å². The van der Waals surface area contributed by atoms with Crippen LogP contribution in [0.2, 0.25) is 0 Å². The van der Waals surface area contributed by atoms with Crippen LogP contribution in [0.1, 0.15) is 25.5 Å². The van der Waals surface area contributed by atoms with Crippen molar-refractivity contribution in [3.05, 3.63) is 24.0 Å². The Bertz CT molecular complexity index is 208. The van der Waals surface area contributed by atoms with E-state index >= 15 is 0 Å². The fourth-order valence-electron chi connectivity index (χ4n) is 1.24. The molecule has 0 amide bonds.